The van der Waals surface area contributed by atoms with E-state index in [0.29, 0.717) is 39.1 Å². The molecular formula is C26H22Cl3N3O4. The van der Waals surface area contributed by atoms with Crippen LogP contribution in [0.25, 0.3) is 0 Å². The van der Waals surface area contributed by atoms with Crippen molar-refractivity contribution in [2.75, 3.05) is 17.3 Å². The number of hydrogen-bond acceptors (Lipinski definition) is 6. The SMILES string of the molecule is COC(=O)C1=C(N)N(c2ccc(Cl)c(Cl)c2)C2=C(C(=O)CC(C)(C)C2)C12C(=O)Nc1ccc(Cl)cc12. The van der Waals surface area contributed by atoms with Crippen molar-refractivity contribution in [1.82, 2.24) is 0 Å². The molecule has 7 nitrogen and oxygen atoms in total. The molecule has 1 spiro atoms. The van der Waals surface area contributed by atoms with Gasteiger partial charge in [-0.3, -0.25) is 14.5 Å². The highest BCUT2D eigenvalue weighted by molar-refractivity contribution is 6.42. The second kappa shape index (κ2) is 8.26. The number of methoxy groups -OCH3 is 1. The van der Waals surface area contributed by atoms with Gasteiger partial charge in [0.15, 0.2) is 5.78 Å². The first-order valence-corrected chi connectivity index (χ1v) is 12.3. The monoisotopic (exact) mass is 545 g/mol. The zero-order valence-corrected chi connectivity index (χ0v) is 21.9. The van der Waals surface area contributed by atoms with Gasteiger partial charge >= 0.3 is 5.97 Å². The fourth-order valence-corrected chi connectivity index (χ4v) is 5.99. The van der Waals surface area contributed by atoms with Crippen LogP contribution in [0.1, 0.15) is 32.3 Å². The van der Waals surface area contributed by atoms with E-state index in [-0.39, 0.29) is 34.2 Å². The van der Waals surface area contributed by atoms with Crippen molar-refractivity contribution in [2.24, 2.45) is 11.1 Å². The highest BCUT2D eigenvalue weighted by Gasteiger charge is 2.63. The number of carbonyl (C=O) groups excluding carboxylic acids is 3. The van der Waals surface area contributed by atoms with E-state index in [9.17, 15) is 14.4 Å². The molecule has 1 amide bonds. The molecule has 1 atom stereocenters. The Morgan fingerprint density at radius 3 is 2.44 bits per heavy atom. The van der Waals surface area contributed by atoms with Crippen molar-refractivity contribution in [3.8, 4) is 0 Å². The number of anilines is 2. The average molecular weight is 547 g/mol. The van der Waals surface area contributed by atoms with Gasteiger partial charge in [-0.25, -0.2) is 4.79 Å². The summed E-state index contributed by atoms with van der Waals surface area (Å²) in [6.07, 6.45) is 0.564. The van der Waals surface area contributed by atoms with Crippen molar-refractivity contribution in [3.63, 3.8) is 0 Å². The normalized spacial score (nSPS) is 22.6. The Morgan fingerprint density at radius 1 is 1.06 bits per heavy atom. The molecule has 0 radical (unpaired) electrons. The molecule has 3 N–H and O–H groups in total. The lowest BCUT2D eigenvalue weighted by atomic mass is 9.60. The summed E-state index contributed by atoms with van der Waals surface area (Å²) in [5, 5.41) is 3.76. The summed E-state index contributed by atoms with van der Waals surface area (Å²) >= 11 is 18.8. The van der Waals surface area contributed by atoms with Crippen LogP contribution in [0.3, 0.4) is 0 Å². The van der Waals surface area contributed by atoms with Crippen LogP contribution >= 0.6 is 34.8 Å². The van der Waals surface area contributed by atoms with Crippen LogP contribution in [0.2, 0.25) is 15.1 Å². The van der Waals surface area contributed by atoms with Gasteiger partial charge in [-0.1, -0.05) is 48.7 Å². The zero-order valence-electron chi connectivity index (χ0n) is 19.7. The molecule has 10 heteroatoms. The minimum absolute atomic E-state index is 0.0486. The van der Waals surface area contributed by atoms with Crippen LogP contribution in [-0.2, 0) is 24.5 Å². The number of ether oxygens (including phenoxy) is 1. The van der Waals surface area contributed by atoms with Crippen molar-refractivity contribution in [2.45, 2.75) is 32.1 Å². The molecule has 0 aromatic heterocycles. The van der Waals surface area contributed by atoms with Crippen molar-refractivity contribution in [3.05, 3.63) is 79.7 Å². The summed E-state index contributed by atoms with van der Waals surface area (Å²) in [6, 6.07) is 9.72. The zero-order chi connectivity index (χ0) is 26.2. The summed E-state index contributed by atoms with van der Waals surface area (Å²) in [4.78, 5) is 42.9. The fraction of sp³-hybridized carbons (Fsp3) is 0.269. The number of Topliss-reactive ketones (excluding diaryl/α,β-unsaturated/α-hetero) is 1. The molecule has 2 aliphatic heterocycles. The van der Waals surface area contributed by atoms with Crippen molar-refractivity contribution < 1.29 is 19.1 Å². The van der Waals surface area contributed by atoms with E-state index in [0.717, 1.165) is 0 Å². The predicted molar refractivity (Wildman–Crippen MR) is 139 cm³/mol. The number of nitrogens with one attached hydrogen (secondary N) is 1. The Bertz CT molecular complexity index is 1450. The number of nitrogens with two attached hydrogens (primary N) is 1. The van der Waals surface area contributed by atoms with E-state index in [1.165, 1.54) is 7.11 Å². The molecule has 0 saturated carbocycles. The summed E-state index contributed by atoms with van der Waals surface area (Å²) in [7, 11) is 1.20. The second-order valence-electron chi connectivity index (χ2n) is 9.84. The number of hydrogen-bond donors (Lipinski definition) is 2. The van der Waals surface area contributed by atoms with E-state index >= 15 is 0 Å². The Hall–Kier alpha value is -3.00. The number of halogens is 3. The summed E-state index contributed by atoms with van der Waals surface area (Å²) in [5.74, 6) is -1.74. The lowest BCUT2D eigenvalue weighted by molar-refractivity contribution is -0.138. The maximum Gasteiger partial charge on any atom is 0.339 e. The van der Waals surface area contributed by atoms with Crippen LogP contribution in [0.5, 0.6) is 0 Å². The number of allylic oxidation sites excluding steroid dienone is 1. The van der Waals surface area contributed by atoms with Gasteiger partial charge in [0.05, 0.1) is 17.2 Å². The maximum atomic E-state index is 13.9. The van der Waals surface area contributed by atoms with Gasteiger partial charge in [-0.2, -0.15) is 0 Å². The first kappa shape index (κ1) is 24.7. The second-order valence-corrected chi connectivity index (χ2v) is 11.1. The van der Waals surface area contributed by atoms with Crippen LogP contribution in [0, 0.1) is 5.41 Å². The molecule has 0 fully saturated rings. The standard InChI is InChI=1S/C26H22Cl3N3O4/c1-25(2)10-18-20(19(33)11-25)26(14-8-12(27)4-7-17(14)31-24(26)35)21(23(34)36-3)22(30)32(18)13-5-6-15(28)16(29)9-13/h4-9H,10-11,30H2,1-3H3,(H,31,35). The highest BCUT2D eigenvalue weighted by atomic mass is 35.5. The van der Waals surface area contributed by atoms with Crippen LogP contribution in [0.4, 0.5) is 11.4 Å². The Balaban J connectivity index is 1.94. The van der Waals surface area contributed by atoms with Gasteiger partial charge in [-0.05, 0) is 48.2 Å². The number of carbonyl (C=O) groups is 3. The van der Waals surface area contributed by atoms with Crippen LogP contribution in [0.15, 0.2) is 59.1 Å². The Labute approximate surface area is 222 Å². The van der Waals surface area contributed by atoms with Gasteiger partial charge in [-0.15, -0.1) is 0 Å². The summed E-state index contributed by atoms with van der Waals surface area (Å²) in [6.45, 7) is 3.92. The maximum absolute atomic E-state index is 13.9. The average Bonchev–Trinajstić information content (AvgIpc) is 3.06. The van der Waals surface area contributed by atoms with E-state index in [1.807, 2.05) is 13.8 Å². The first-order valence-electron chi connectivity index (χ1n) is 11.1. The molecule has 0 bridgehead atoms. The molecule has 3 aliphatic rings. The number of rotatable bonds is 2. The largest absolute Gasteiger partial charge is 0.466 e. The number of benzene rings is 2. The van der Waals surface area contributed by atoms with E-state index in [1.54, 1.807) is 41.3 Å². The van der Waals surface area contributed by atoms with Gasteiger partial charge in [0.25, 0.3) is 0 Å². The van der Waals surface area contributed by atoms with Crippen molar-refractivity contribution >= 4 is 63.8 Å². The number of esters is 1. The number of ketones is 1. The lowest BCUT2D eigenvalue weighted by Crippen LogP contribution is -2.54. The van der Waals surface area contributed by atoms with E-state index in [2.05, 4.69) is 5.32 Å². The van der Waals surface area contributed by atoms with Crippen LogP contribution in [-0.4, -0.2) is 24.8 Å². The van der Waals surface area contributed by atoms with Gasteiger partial charge < -0.3 is 15.8 Å². The molecular weight excluding hydrogens is 525 g/mol. The molecule has 1 aliphatic carbocycles. The minimum atomic E-state index is -1.83. The van der Waals surface area contributed by atoms with Gasteiger partial charge in [0.1, 0.15) is 16.8 Å². The Kier molecular flexibility index (Phi) is 5.67. The molecule has 2 aromatic carbocycles. The minimum Gasteiger partial charge on any atom is -0.466 e. The molecule has 0 saturated heterocycles. The molecule has 1 unspecified atom stereocenters. The van der Waals surface area contributed by atoms with E-state index < -0.39 is 22.7 Å². The van der Waals surface area contributed by atoms with Crippen molar-refractivity contribution in [1.29, 1.82) is 0 Å². The highest BCUT2D eigenvalue weighted by Crippen LogP contribution is 2.57. The topological polar surface area (TPSA) is 102 Å². The smallest absolute Gasteiger partial charge is 0.339 e. The number of fused-ring (bicyclic) bond motifs is 3. The van der Waals surface area contributed by atoms with Crippen LogP contribution < -0.4 is 16.0 Å². The molecule has 36 heavy (non-hydrogen) atoms. The predicted octanol–water partition coefficient (Wildman–Crippen LogP) is 5.34. The molecule has 186 valence electrons. The number of nitrogens with zero attached hydrogens (tertiary/aromatic N) is 1. The summed E-state index contributed by atoms with van der Waals surface area (Å²) in [5.41, 5.74) is 6.27. The number of amides is 1. The molecule has 2 aromatic rings. The van der Waals surface area contributed by atoms with Gasteiger partial charge in [0.2, 0.25) is 5.91 Å². The quantitative estimate of drug-likeness (QED) is 0.493. The third-order valence-electron chi connectivity index (χ3n) is 6.89. The Morgan fingerprint density at radius 2 is 1.78 bits per heavy atom. The fourth-order valence-electron chi connectivity index (χ4n) is 5.53. The summed E-state index contributed by atoms with van der Waals surface area (Å²) < 4.78 is 5.13. The third kappa shape index (κ3) is 3.37. The van der Waals surface area contributed by atoms with Gasteiger partial charge in [0, 0.05) is 39.7 Å². The lowest BCUT2D eigenvalue weighted by Gasteiger charge is -2.47. The van der Waals surface area contributed by atoms with E-state index in [4.69, 9.17) is 45.3 Å². The molecule has 5 rings (SSSR count). The first-order chi connectivity index (χ1) is 16.9. The third-order valence-corrected chi connectivity index (χ3v) is 7.87. The molecule has 2 heterocycles.